The summed E-state index contributed by atoms with van der Waals surface area (Å²) in [5, 5.41) is 9.92. The molecule has 2 aliphatic carbocycles. The van der Waals surface area contributed by atoms with Gasteiger partial charge in [0, 0.05) is 56.1 Å². The Morgan fingerprint density at radius 1 is 1.09 bits per heavy atom. The van der Waals surface area contributed by atoms with Crippen LogP contribution in [0.1, 0.15) is 68.3 Å². The van der Waals surface area contributed by atoms with E-state index in [0.717, 1.165) is 58.4 Å². The Labute approximate surface area is 184 Å². The number of aromatic nitrogens is 4. The minimum absolute atomic E-state index is 0.0957. The van der Waals surface area contributed by atoms with E-state index in [-0.39, 0.29) is 35.9 Å². The number of rotatable bonds is 5. The SMILES string of the molecule is Fc1c(Nc2cc(C3CC(F)(F)C3)[nH]n2)nc(C2CC2)nc1N1CCC2(CCOC2)CC1. The Kier molecular flexibility index (Phi) is 4.64. The van der Waals surface area contributed by atoms with Gasteiger partial charge in [0.05, 0.1) is 6.61 Å². The van der Waals surface area contributed by atoms with Crippen LogP contribution >= 0.6 is 0 Å². The first-order chi connectivity index (χ1) is 15.4. The number of alkyl halides is 2. The predicted octanol–water partition coefficient (Wildman–Crippen LogP) is 4.48. The Hall–Kier alpha value is -2.36. The molecule has 7 nitrogen and oxygen atoms in total. The minimum atomic E-state index is -2.60. The van der Waals surface area contributed by atoms with Crippen molar-refractivity contribution in [2.75, 3.05) is 36.5 Å². The molecule has 0 atom stereocenters. The van der Waals surface area contributed by atoms with Crippen molar-refractivity contribution in [2.24, 2.45) is 5.41 Å². The van der Waals surface area contributed by atoms with Crippen LogP contribution in [-0.2, 0) is 4.74 Å². The molecule has 4 heterocycles. The quantitative estimate of drug-likeness (QED) is 0.702. The van der Waals surface area contributed by atoms with Gasteiger partial charge < -0.3 is 15.0 Å². The third-order valence-corrected chi connectivity index (χ3v) is 7.48. The third kappa shape index (κ3) is 3.72. The molecule has 2 saturated carbocycles. The number of halogens is 3. The van der Waals surface area contributed by atoms with E-state index in [9.17, 15) is 8.78 Å². The van der Waals surface area contributed by atoms with Gasteiger partial charge in [0.15, 0.2) is 17.5 Å². The topological polar surface area (TPSA) is 79.0 Å². The zero-order valence-electron chi connectivity index (χ0n) is 17.8. The summed E-state index contributed by atoms with van der Waals surface area (Å²) in [6.45, 7) is 3.08. The molecular weight excluding hydrogens is 421 g/mol. The van der Waals surface area contributed by atoms with Crippen LogP contribution < -0.4 is 10.2 Å². The number of H-pyrrole nitrogens is 1. The smallest absolute Gasteiger partial charge is 0.249 e. The highest BCUT2D eigenvalue weighted by molar-refractivity contribution is 5.59. The lowest BCUT2D eigenvalue weighted by molar-refractivity contribution is -0.0876. The molecule has 0 aromatic carbocycles. The maximum absolute atomic E-state index is 15.5. The standard InChI is InChI=1S/C22H27F3N6O/c23-17-19(26-16-9-15(29-30-16)14-10-22(24,25)11-14)27-18(13-1-2-13)28-20(17)31-6-3-21(4-7-31)5-8-32-12-21/h9,13-14H,1-8,10-12H2,(H2,26,27,28,29,30). The van der Waals surface area contributed by atoms with Gasteiger partial charge in [-0.2, -0.15) is 9.49 Å². The summed E-state index contributed by atoms with van der Waals surface area (Å²) in [4.78, 5) is 11.1. The van der Waals surface area contributed by atoms with E-state index in [2.05, 4.69) is 25.5 Å². The Morgan fingerprint density at radius 3 is 2.53 bits per heavy atom. The molecule has 2 aromatic rings. The monoisotopic (exact) mass is 448 g/mol. The molecule has 1 spiro atoms. The zero-order chi connectivity index (χ0) is 21.9. The highest BCUT2D eigenvalue weighted by Gasteiger charge is 2.46. The first-order valence-electron chi connectivity index (χ1n) is 11.5. The molecule has 4 aliphatic rings. The van der Waals surface area contributed by atoms with E-state index in [1.54, 1.807) is 6.07 Å². The lowest BCUT2D eigenvalue weighted by atomic mass is 9.78. The van der Waals surface area contributed by atoms with Crippen LogP contribution in [0.15, 0.2) is 6.07 Å². The van der Waals surface area contributed by atoms with Crippen molar-refractivity contribution >= 4 is 17.5 Å². The molecule has 10 heteroatoms. The number of nitrogens with one attached hydrogen (secondary N) is 2. The Balaban J connectivity index is 1.23. The van der Waals surface area contributed by atoms with Gasteiger partial charge in [0.25, 0.3) is 0 Å². The first-order valence-corrected chi connectivity index (χ1v) is 11.5. The molecule has 2 aliphatic heterocycles. The third-order valence-electron chi connectivity index (χ3n) is 7.48. The van der Waals surface area contributed by atoms with E-state index < -0.39 is 11.7 Å². The lowest BCUT2D eigenvalue weighted by Gasteiger charge is -2.39. The first kappa shape index (κ1) is 20.3. The molecule has 172 valence electrons. The van der Waals surface area contributed by atoms with Crippen molar-refractivity contribution in [3.8, 4) is 0 Å². The maximum atomic E-state index is 15.5. The minimum Gasteiger partial charge on any atom is -0.381 e. The summed E-state index contributed by atoms with van der Waals surface area (Å²) in [6, 6.07) is 1.67. The van der Waals surface area contributed by atoms with Crippen molar-refractivity contribution in [2.45, 2.75) is 62.7 Å². The molecule has 2 saturated heterocycles. The number of anilines is 3. The molecule has 0 bridgehead atoms. The van der Waals surface area contributed by atoms with Gasteiger partial charge in [-0.3, -0.25) is 5.10 Å². The van der Waals surface area contributed by atoms with E-state index in [1.165, 1.54) is 0 Å². The summed E-state index contributed by atoms with van der Waals surface area (Å²) < 4.78 is 47.5. The summed E-state index contributed by atoms with van der Waals surface area (Å²) >= 11 is 0. The molecule has 2 aromatic heterocycles. The van der Waals surface area contributed by atoms with Crippen LogP contribution in [0.5, 0.6) is 0 Å². The molecule has 6 rings (SSSR count). The van der Waals surface area contributed by atoms with Gasteiger partial charge in [-0.15, -0.1) is 0 Å². The molecule has 0 amide bonds. The molecule has 32 heavy (non-hydrogen) atoms. The summed E-state index contributed by atoms with van der Waals surface area (Å²) in [5.41, 5.74) is 0.861. The summed E-state index contributed by atoms with van der Waals surface area (Å²) in [7, 11) is 0. The number of hydrogen-bond donors (Lipinski definition) is 2. The van der Waals surface area contributed by atoms with Crippen molar-refractivity contribution < 1.29 is 17.9 Å². The average Bonchev–Trinajstić information content (AvgIpc) is 3.34. The predicted molar refractivity (Wildman–Crippen MR) is 112 cm³/mol. The van der Waals surface area contributed by atoms with Gasteiger partial charge in [0.2, 0.25) is 11.7 Å². The van der Waals surface area contributed by atoms with Gasteiger partial charge in [-0.25, -0.2) is 18.7 Å². The fraction of sp³-hybridized carbons (Fsp3) is 0.682. The Bertz CT molecular complexity index is 999. The van der Waals surface area contributed by atoms with Crippen molar-refractivity contribution in [1.82, 2.24) is 20.2 Å². The second-order valence-electron chi connectivity index (χ2n) is 9.93. The Morgan fingerprint density at radius 2 is 1.88 bits per heavy atom. The molecule has 0 radical (unpaired) electrons. The number of aromatic amines is 1. The normalized spacial score (nSPS) is 24.7. The number of hydrogen-bond acceptors (Lipinski definition) is 6. The number of ether oxygens (including phenoxy) is 1. The van der Waals surface area contributed by atoms with Gasteiger partial charge in [-0.1, -0.05) is 0 Å². The fourth-order valence-corrected chi connectivity index (χ4v) is 5.12. The second kappa shape index (κ2) is 7.33. The highest BCUT2D eigenvalue weighted by atomic mass is 19.3. The lowest BCUT2D eigenvalue weighted by Crippen LogP contribution is -2.41. The highest BCUT2D eigenvalue weighted by Crippen LogP contribution is 2.48. The molecular formula is C22H27F3N6O. The second-order valence-corrected chi connectivity index (χ2v) is 9.93. The maximum Gasteiger partial charge on any atom is 0.249 e. The van der Waals surface area contributed by atoms with Crippen LogP contribution in [0, 0.1) is 11.2 Å². The van der Waals surface area contributed by atoms with Gasteiger partial charge in [0.1, 0.15) is 5.82 Å². The van der Waals surface area contributed by atoms with Gasteiger partial charge in [-0.05, 0) is 37.5 Å². The number of piperidine rings is 1. The summed E-state index contributed by atoms with van der Waals surface area (Å²) in [6.07, 6.45) is 4.64. The van der Waals surface area contributed by atoms with Gasteiger partial charge >= 0.3 is 0 Å². The van der Waals surface area contributed by atoms with Crippen LogP contribution in [-0.4, -0.2) is 52.4 Å². The van der Waals surface area contributed by atoms with Crippen molar-refractivity contribution in [1.29, 1.82) is 0 Å². The van der Waals surface area contributed by atoms with Crippen LogP contribution in [0.2, 0.25) is 0 Å². The van der Waals surface area contributed by atoms with Crippen molar-refractivity contribution in [3.63, 3.8) is 0 Å². The molecule has 4 fully saturated rings. The average molecular weight is 448 g/mol. The van der Waals surface area contributed by atoms with E-state index >= 15 is 4.39 Å². The van der Waals surface area contributed by atoms with E-state index in [1.807, 2.05) is 4.90 Å². The van der Waals surface area contributed by atoms with E-state index in [0.29, 0.717) is 23.2 Å². The van der Waals surface area contributed by atoms with Crippen molar-refractivity contribution in [3.05, 3.63) is 23.4 Å². The summed E-state index contributed by atoms with van der Waals surface area (Å²) in [5.74, 6) is -1.61. The fourth-order valence-electron chi connectivity index (χ4n) is 5.12. The van der Waals surface area contributed by atoms with Crippen LogP contribution in [0.3, 0.4) is 0 Å². The van der Waals surface area contributed by atoms with Crippen LogP contribution in [0.4, 0.5) is 30.6 Å². The molecule has 0 unspecified atom stereocenters. The van der Waals surface area contributed by atoms with Crippen LogP contribution in [0.25, 0.3) is 0 Å². The van der Waals surface area contributed by atoms with E-state index in [4.69, 9.17) is 4.74 Å². The number of nitrogens with zero attached hydrogens (tertiary/aromatic N) is 4. The zero-order valence-corrected chi connectivity index (χ0v) is 17.8. The largest absolute Gasteiger partial charge is 0.381 e. The molecule has 2 N–H and O–H groups in total.